The summed E-state index contributed by atoms with van der Waals surface area (Å²) in [5.41, 5.74) is 0.926. The number of rotatable bonds is 6. The van der Waals surface area contributed by atoms with E-state index < -0.39 is 18.1 Å². The Morgan fingerprint density at radius 3 is 2.73 bits per heavy atom. The molecule has 3 atom stereocenters. The quantitative estimate of drug-likeness (QED) is 0.644. The van der Waals surface area contributed by atoms with E-state index in [-0.39, 0.29) is 11.9 Å². The smallest absolute Gasteiger partial charge is 0.336 e. The summed E-state index contributed by atoms with van der Waals surface area (Å²) >= 11 is 0. The largest absolute Gasteiger partial charge is 0.467 e. The molecule has 22 heavy (non-hydrogen) atoms. The van der Waals surface area contributed by atoms with Crippen LogP contribution in [0, 0.1) is 0 Å². The molecule has 1 amide bonds. The standard InChI is InChI=1S/C16H22N2O4/c1-22-16(21)14(19)13(10-11-6-3-2-4-7-11)18-15(20)12-8-5-9-17-12/h2-4,6-7,12-14,17,19H,5,8-10H2,1H3,(H,18,20)/t12-,13?,14?/m0/s1. The summed E-state index contributed by atoms with van der Waals surface area (Å²) in [6.07, 6.45) is 0.671. The van der Waals surface area contributed by atoms with Crippen molar-refractivity contribution < 1.29 is 19.4 Å². The number of aliphatic hydroxyl groups excluding tert-OH is 1. The van der Waals surface area contributed by atoms with Crippen molar-refractivity contribution >= 4 is 11.9 Å². The number of amides is 1. The monoisotopic (exact) mass is 306 g/mol. The SMILES string of the molecule is COC(=O)C(O)C(Cc1ccccc1)NC(=O)[C@@H]1CCCN1. The molecule has 2 rings (SSSR count). The molecule has 1 saturated heterocycles. The van der Waals surface area contributed by atoms with Gasteiger partial charge in [0.25, 0.3) is 0 Å². The van der Waals surface area contributed by atoms with Crippen molar-refractivity contribution in [2.75, 3.05) is 13.7 Å². The van der Waals surface area contributed by atoms with Crippen molar-refractivity contribution in [3.8, 4) is 0 Å². The second-order valence-corrected chi connectivity index (χ2v) is 5.42. The number of aliphatic hydroxyl groups is 1. The molecule has 1 fully saturated rings. The Bertz CT molecular complexity index is 500. The second kappa shape index (κ2) is 7.91. The van der Waals surface area contributed by atoms with Gasteiger partial charge in [-0.25, -0.2) is 4.79 Å². The molecule has 1 aromatic rings. The molecule has 1 aromatic carbocycles. The lowest BCUT2D eigenvalue weighted by atomic mass is 10.0. The summed E-state index contributed by atoms with van der Waals surface area (Å²) in [6.45, 7) is 0.807. The Labute approximate surface area is 129 Å². The number of carbonyl (C=O) groups is 2. The minimum Gasteiger partial charge on any atom is -0.467 e. The number of methoxy groups -OCH3 is 1. The molecular formula is C16H22N2O4. The van der Waals surface area contributed by atoms with Gasteiger partial charge in [0.05, 0.1) is 19.2 Å². The summed E-state index contributed by atoms with van der Waals surface area (Å²) in [5, 5.41) is 16.0. The first-order valence-electron chi connectivity index (χ1n) is 7.45. The molecule has 0 aromatic heterocycles. The molecule has 1 aliphatic rings. The van der Waals surface area contributed by atoms with E-state index in [1.807, 2.05) is 30.3 Å². The predicted octanol–water partition coefficient (Wildman–Crippen LogP) is -0.000200. The average molecular weight is 306 g/mol. The van der Waals surface area contributed by atoms with Gasteiger partial charge in [0.2, 0.25) is 5.91 Å². The van der Waals surface area contributed by atoms with Gasteiger partial charge in [0.1, 0.15) is 0 Å². The Balaban J connectivity index is 2.06. The molecule has 0 bridgehead atoms. The Morgan fingerprint density at radius 2 is 2.14 bits per heavy atom. The van der Waals surface area contributed by atoms with Crippen molar-refractivity contribution in [2.24, 2.45) is 0 Å². The van der Waals surface area contributed by atoms with E-state index in [0.717, 1.165) is 24.9 Å². The fourth-order valence-corrected chi connectivity index (χ4v) is 2.59. The zero-order chi connectivity index (χ0) is 15.9. The maximum absolute atomic E-state index is 12.2. The Kier molecular flexibility index (Phi) is 5.91. The molecule has 6 heteroatoms. The van der Waals surface area contributed by atoms with Crippen molar-refractivity contribution in [1.29, 1.82) is 0 Å². The number of hydrogen-bond acceptors (Lipinski definition) is 5. The Morgan fingerprint density at radius 1 is 1.41 bits per heavy atom. The highest BCUT2D eigenvalue weighted by atomic mass is 16.5. The molecule has 120 valence electrons. The normalized spacial score (nSPS) is 20.2. The van der Waals surface area contributed by atoms with E-state index in [1.54, 1.807) is 0 Å². The molecule has 6 nitrogen and oxygen atoms in total. The first-order chi connectivity index (χ1) is 10.6. The third-order valence-electron chi connectivity index (χ3n) is 3.83. The van der Waals surface area contributed by atoms with E-state index in [9.17, 15) is 14.7 Å². The van der Waals surface area contributed by atoms with Gasteiger partial charge in [-0.05, 0) is 31.4 Å². The van der Waals surface area contributed by atoms with E-state index in [4.69, 9.17) is 0 Å². The molecule has 0 radical (unpaired) electrons. The zero-order valence-corrected chi connectivity index (χ0v) is 12.6. The summed E-state index contributed by atoms with van der Waals surface area (Å²) in [4.78, 5) is 23.8. The fourth-order valence-electron chi connectivity index (χ4n) is 2.59. The van der Waals surface area contributed by atoms with Crippen LogP contribution in [0.4, 0.5) is 0 Å². The lowest BCUT2D eigenvalue weighted by Gasteiger charge is -2.24. The van der Waals surface area contributed by atoms with Gasteiger partial charge >= 0.3 is 5.97 Å². The topological polar surface area (TPSA) is 87.7 Å². The second-order valence-electron chi connectivity index (χ2n) is 5.42. The number of esters is 1. The lowest BCUT2D eigenvalue weighted by Crippen LogP contribution is -2.52. The van der Waals surface area contributed by atoms with E-state index in [0.29, 0.717) is 6.42 Å². The number of carbonyl (C=O) groups excluding carboxylic acids is 2. The summed E-state index contributed by atoms with van der Waals surface area (Å²) in [5.74, 6) is -0.943. The van der Waals surface area contributed by atoms with Crippen LogP contribution in [-0.4, -0.2) is 48.8 Å². The molecule has 1 heterocycles. The molecule has 0 saturated carbocycles. The molecule has 3 N–H and O–H groups in total. The number of nitrogens with one attached hydrogen (secondary N) is 2. The first-order valence-corrected chi connectivity index (χ1v) is 7.45. The van der Waals surface area contributed by atoms with Gasteiger partial charge in [-0.2, -0.15) is 0 Å². The van der Waals surface area contributed by atoms with Crippen LogP contribution >= 0.6 is 0 Å². The van der Waals surface area contributed by atoms with Gasteiger partial charge < -0.3 is 20.5 Å². The maximum atomic E-state index is 12.2. The van der Waals surface area contributed by atoms with Gasteiger partial charge in [-0.3, -0.25) is 4.79 Å². The fraction of sp³-hybridized carbons (Fsp3) is 0.500. The first kappa shape index (κ1) is 16.5. The third kappa shape index (κ3) is 4.29. The van der Waals surface area contributed by atoms with Crippen molar-refractivity contribution in [1.82, 2.24) is 10.6 Å². The molecule has 1 aliphatic heterocycles. The van der Waals surface area contributed by atoms with E-state index >= 15 is 0 Å². The van der Waals surface area contributed by atoms with Crippen molar-refractivity contribution in [2.45, 2.75) is 37.5 Å². The highest BCUT2D eigenvalue weighted by Crippen LogP contribution is 2.10. The number of ether oxygens (including phenoxy) is 1. The number of hydrogen-bond donors (Lipinski definition) is 3. The highest BCUT2D eigenvalue weighted by molar-refractivity contribution is 5.83. The molecule has 0 aliphatic carbocycles. The molecular weight excluding hydrogens is 284 g/mol. The van der Waals surface area contributed by atoms with Gasteiger partial charge in [0.15, 0.2) is 6.10 Å². The number of benzene rings is 1. The van der Waals surface area contributed by atoms with Crippen LogP contribution in [0.2, 0.25) is 0 Å². The van der Waals surface area contributed by atoms with Crippen LogP contribution in [0.5, 0.6) is 0 Å². The van der Waals surface area contributed by atoms with Crippen LogP contribution in [0.15, 0.2) is 30.3 Å². The Hall–Kier alpha value is -1.92. The van der Waals surface area contributed by atoms with Gasteiger partial charge in [-0.1, -0.05) is 30.3 Å². The lowest BCUT2D eigenvalue weighted by molar-refractivity contribution is -0.152. The summed E-state index contributed by atoms with van der Waals surface area (Å²) in [6, 6.07) is 8.42. The predicted molar refractivity (Wildman–Crippen MR) is 81.1 cm³/mol. The van der Waals surface area contributed by atoms with Crippen molar-refractivity contribution in [3.63, 3.8) is 0 Å². The van der Waals surface area contributed by atoms with Gasteiger partial charge in [0, 0.05) is 0 Å². The molecule has 0 spiro atoms. The van der Waals surface area contributed by atoms with Crippen molar-refractivity contribution in [3.05, 3.63) is 35.9 Å². The highest BCUT2D eigenvalue weighted by Gasteiger charge is 2.31. The maximum Gasteiger partial charge on any atom is 0.336 e. The third-order valence-corrected chi connectivity index (χ3v) is 3.83. The van der Waals surface area contributed by atoms with Crippen LogP contribution in [-0.2, 0) is 20.7 Å². The van der Waals surface area contributed by atoms with Crippen LogP contribution in [0.1, 0.15) is 18.4 Å². The average Bonchev–Trinajstić information content (AvgIpc) is 3.08. The van der Waals surface area contributed by atoms with E-state index in [1.165, 1.54) is 7.11 Å². The van der Waals surface area contributed by atoms with Crippen LogP contribution in [0.3, 0.4) is 0 Å². The zero-order valence-electron chi connectivity index (χ0n) is 12.6. The van der Waals surface area contributed by atoms with E-state index in [2.05, 4.69) is 15.4 Å². The summed E-state index contributed by atoms with van der Waals surface area (Å²) in [7, 11) is 1.21. The minimum atomic E-state index is -1.39. The minimum absolute atomic E-state index is 0.193. The van der Waals surface area contributed by atoms with Gasteiger partial charge in [-0.15, -0.1) is 0 Å². The van der Waals surface area contributed by atoms with Crippen LogP contribution in [0.25, 0.3) is 0 Å². The van der Waals surface area contributed by atoms with Crippen LogP contribution < -0.4 is 10.6 Å². The molecule has 2 unspecified atom stereocenters. The summed E-state index contributed by atoms with van der Waals surface area (Å²) < 4.78 is 4.58.